The molecule has 0 unspecified atom stereocenters. The van der Waals surface area contributed by atoms with E-state index in [0.717, 1.165) is 17.1 Å². The minimum absolute atomic E-state index is 0.309. The van der Waals surface area contributed by atoms with Gasteiger partial charge in [0.2, 0.25) is 0 Å². The van der Waals surface area contributed by atoms with Crippen LogP contribution < -0.4 is 0 Å². The van der Waals surface area contributed by atoms with Crippen molar-refractivity contribution in [3.05, 3.63) is 35.9 Å². The van der Waals surface area contributed by atoms with E-state index in [2.05, 4.69) is 6.92 Å². The fourth-order valence-corrected chi connectivity index (χ4v) is 1.65. The van der Waals surface area contributed by atoms with Crippen LogP contribution in [0.3, 0.4) is 0 Å². The Hall–Kier alpha value is -0.470. The standard InChI is InChI=1S/C10H14OS/c1-2-12-8-10(11)9-6-4-3-5-7-9/h3-7,10-11H,2,8H2,1H3/t10-/m1/s1. The van der Waals surface area contributed by atoms with Crippen LogP contribution >= 0.6 is 11.8 Å². The molecule has 2 heteroatoms. The number of thioether (sulfide) groups is 1. The Bertz CT molecular complexity index is 210. The van der Waals surface area contributed by atoms with Crippen molar-refractivity contribution in [3.63, 3.8) is 0 Å². The molecular formula is C10H14OS. The topological polar surface area (TPSA) is 20.2 Å². The van der Waals surface area contributed by atoms with Crippen LogP contribution in [0.2, 0.25) is 0 Å². The monoisotopic (exact) mass is 182 g/mol. The van der Waals surface area contributed by atoms with Crippen LogP contribution in [-0.4, -0.2) is 16.6 Å². The highest BCUT2D eigenvalue weighted by atomic mass is 32.2. The van der Waals surface area contributed by atoms with Crippen molar-refractivity contribution in [1.29, 1.82) is 0 Å². The summed E-state index contributed by atoms with van der Waals surface area (Å²) in [4.78, 5) is 0. The first-order valence-electron chi connectivity index (χ1n) is 4.15. The molecule has 1 aromatic carbocycles. The second-order valence-electron chi connectivity index (χ2n) is 2.59. The van der Waals surface area contributed by atoms with E-state index in [0.29, 0.717) is 0 Å². The maximum absolute atomic E-state index is 9.63. The van der Waals surface area contributed by atoms with Gasteiger partial charge in [-0.05, 0) is 11.3 Å². The van der Waals surface area contributed by atoms with Crippen molar-refractivity contribution in [1.82, 2.24) is 0 Å². The van der Waals surface area contributed by atoms with Gasteiger partial charge in [-0.2, -0.15) is 11.8 Å². The van der Waals surface area contributed by atoms with Gasteiger partial charge in [0.05, 0.1) is 6.10 Å². The minimum atomic E-state index is -0.309. The third kappa shape index (κ3) is 2.88. The maximum atomic E-state index is 9.63. The van der Waals surface area contributed by atoms with Crippen LogP contribution in [0.5, 0.6) is 0 Å². The zero-order chi connectivity index (χ0) is 8.81. The summed E-state index contributed by atoms with van der Waals surface area (Å²) in [5.41, 5.74) is 1.01. The molecule has 66 valence electrons. The van der Waals surface area contributed by atoms with Crippen LogP contribution in [0.4, 0.5) is 0 Å². The Morgan fingerprint density at radius 2 is 2.00 bits per heavy atom. The van der Waals surface area contributed by atoms with Gasteiger partial charge in [-0.25, -0.2) is 0 Å². The summed E-state index contributed by atoms with van der Waals surface area (Å²) in [6, 6.07) is 9.79. The summed E-state index contributed by atoms with van der Waals surface area (Å²) < 4.78 is 0. The Morgan fingerprint density at radius 1 is 1.33 bits per heavy atom. The molecule has 1 N–H and O–H groups in total. The predicted octanol–water partition coefficient (Wildman–Crippen LogP) is 2.47. The molecule has 0 amide bonds. The van der Waals surface area contributed by atoms with Gasteiger partial charge < -0.3 is 5.11 Å². The van der Waals surface area contributed by atoms with Gasteiger partial charge in [-0.15, -0.1) is 0 Å². The Morgan fingerprint density at radius 3 is 2.58 bits per heavy atom. The number of aliphatic hydroxyl groups is 1. The highest BCUT2D eigenvalue weighted by molar-refractivity contribution is 7.99. The molecule has 1 rings (SSSR count). The van der Waals surface area contributed by atoms with E-state index in [-0.39, 0.29) is 6.10 Å². The van der Waals surface area contributed by atoms with Crippen molar-refractivity contribution in [2.45, 2.75) is 13.0 Å². The lowest BCUT2D eigenvalue weighted by Gasteiger charge is -2.08. The van der Waals surface area contributed by atoms with E-state index in [1.54, 1.807) is 11.8 Å². The van der Waals surface area contributed by atoms with Crippen LogP contribution in [0, 0.1) is 0 Å². The second kappa shape index (κ2) is 5.22. The summed E-state index contributed by atoms with van der Waals surface area (Å²) in [5.74, 6) is 1.85. The molecule has 0 aliphatic rings. The lowest BCUT2D eigenvalue weighted by molar-refractivity contribution is 0.204. The number of rotatable bonds is 4. The van der Waals surface area contributed by atoms with Gasteiger partial charge in [0.15, 0.2) is 0 Å². The Labute approximate surface area is 77.8 Å². The lowest BCUT2D eigenvalue weighted by atomic mass is 10.1. The van der Waals surface area contributed by atoms with Gasteiger partial charge in [0.1, 0.15) is 0 Å². The third-order valence-electron chi connectivity index (χ3n) is 1.66. The summed E-state index contributed by atoms with van der Waals surface area (Å²) >= 11 is 1.76. The van der Waals surface area contributed by atoms with Gasteiger partial charge in [0.25, 0.3) is 0 Å². The maximum Gasteiger partial charge on any atom is 0.0880 e. The van der Waals surface area contributed by atoms with Crippen molar-refractivity contribution in [2.24, 2.45) is 0 Å². The van der Waals surface area contributed by atoms with Gasteiger partial charge in [-0.3, -0.25) is 0 Å². The summed E-state index contributed by atoms with van der Waals surface area (Å²) in [6.45, 7) is 2.10. The average Bonchev–Trinajstić information content (AvgIpc) is 2.15. The fourth-order valence-electron chi connectivity index (χ4n) is 1.00. The normalized spacial score (nSPS) is 12.8. The number of benzene rings is 1. The van der Waals surface area contributed by atoms with E-state index in [9.17, 15) is 5.11 Å². The van der Waals surface area contributed by atoms with E-state index >= 15 is 0 Å². The smallest absolute Gasteiger partial charge is 0.0880 e. The van der Waals surface area contributed by atoms with Crippen LogP contribution in [0.25, 0.3) is 0 Å². The van der Waals surface area contributed by atoms with Crippen molar-refractivity contribution in [3.8, 4) is 0 Å². The van der Waals surface area contributed by atoms with Gasteiger partial charge >= 0.3 is 0 Å². The summed E-state index contributed by atoms with van der Waals surface area (Å²) in [5, 5.41) is 9.63. The molecule has 1 atom stereocenters. The molecule has 0 aromatic heterocycles. The molecule has 0 fully saturated rings. The Kier molecular flexibility index (Phi) is 4.19. The zero-order valence-corrected chi connectivity index (χ0v) is 8.05. The molecule has 0 saturated heterocycles. The molecule has 0 radical (unpaired) electrons. The summed E-state index contributed by atoms with van der Waals surface area (Å²) in [7, 11) is 0. The van der Waals surface area contributed by atoms with E-state index in [1.165, 1.54) is 0 Å². The molecule has 0 spiro atoms. The highest BCUT2D eigenvalue weighted by Crippen LogP contribution is 2.17. The fraction of sp³-hybridized carbons (Fsp3) is 0.400. The SMILES string of the molecule is CCSC[C@@H](O)c1ccccc1. The molecule has 1 aromatic rings. The van der Waals surface area contributed by atoms with E-state index < -0.39 is 0 Å². The molecule has 0 aliphatic carbocycles. The van der Waals surface area contributed by atoms with Crippen molar-refractivity contribution in [2.75, 3.05) is 11.5 Å². The van der Waals surface area contributed by atoms with Gasteiger partial charge in [-0.1, -0.05) is 37.3 Å². The molecule has 12 heavy (non-hydrogen) atoms. The number of hydrogen-bond donors (Lipinski definition) is 1. The first-order chi connectivity index (χ1) is 5.84. The quantitative estimate of drug-likeness (QED) is 0.772. The average molecular weight is 182 g/mol. The molecule has 1 nitrogen and oxygen atoms in total. The van der Waals surface area contributed by atoms with Crippen molar-refractivity contribution < 1.29 is 5.11 Å². The number of hydrogen-bond acceptors (Lipinski definition) is 2. The molecule has 0 heterocycles. The predicted molar refractivity (Wildman–Crippen MR) is 54.4 cm³/mol. The molecular weight excluding hydrogens is 168 g/mol. The second-order valence-corrected chi connectivity index (χ2v) is 3.90. The minimum Gasteiger partial charge on any atom is -0.388 e. The molecule has 0 saturated carbocycles. The summed E-state index contributed by atoms with van der Waals surface area (Å²) in [6.07, 6.45) is -0.309. The zero-order valence-electron chi connectivity index (χ0n) is 7.23. The lowest BCUT2D eigenvalue weighted by Crippen LogP contribution is -1.99. The number of aliphatic hydroxyl groups excluding tert-OH is 1. The largest absolute Gasteiger partial charge is 0.388 e. The van der Waals surface area contributed by atoms with Crippen LogP contribution in [0.15, 0.2) is 30.3 Å². The highest BCUT2D eigenvalue weighted by Gasteiger charge is 2.04. The molecule has 0 bridgehead atoms. The van der Waals surface area contributed by atoms with Crippen LogP contribution in [-0.2, 0) is 0 Å². The van der Waals surface area contributed by atoms with E-state index in [1.807, 2.05) is 30.3 Å². The first kappa shape index (κ1) is 9.62. The van der Waals surface area contributed by atoms with Crippen molar-refractivity contribution >= 4 is 11.8 Å². The molecule has 0 aliphatic heterocycles. The van der Waals surface area contributed by atoms with Gasteiger partial charge in [0, 0.05) is 5.75 Å². The first-order valence-corrected chi connectivity index (χ1v) is 5.30. The third-order valence-corrected chi connectivity index (χ3v) is 2.62. The Balaban J connectivity index is 2.48. The van der Waals surface area contributed by atoms with Crippen LogP contribution in [0.1, 0.15) is 18.6 Å². The van der Waals surface area contributed by atoms with E-state index in [4.69, 9.17) is 0 Å².